The Morgan fingerprint density at radius 2 is 2.13 bits per heavy atom. The number of likely N-dealkylation sites (N-methyl/N-ethyl adjacent to an activating group) is 1. The van der Waals surface area contributed by atoms with Crippen LogP contribution in [-0.2, 0) is 0 Å². The molecule has 1 heterocycles. The van der Waals surface area contributed by atoms with E-state index in [4.69, 9.17) is 15.3 Å². The number of amidine groups is 1. The Morgan fingerprint density at radius 1 is 1.43 bits per heavy atom. The van der Waals surface area contributed by atoms with E-state index in [9.17, 15) is 5.11 Å². The molecule has 0 fully saturated rings. The molecule has 0 saturated carbocycles. The summed E-state index contributed by atoms with van der Waals surface area (Å²) in [6, 6.07) is 6.80. The van der Waals surface area contributed by atoms with Gasteiger partial charge in [0.25, 0.3) is 0 Å². The van der Waals surface area contributed by atoms with Crippen molar-refractivity contribution in [3.63, 3.8) is 0 Å². The predicted molar refractivity (Wildman–Crippen MR) is 85.7 cm³/mol. The normalized spacial score (nSPS) is 22.3. The van der Waals surface area contributed by atoms with Gasteiger partial charge in [0.1, 0.15) is 23.3 Å². The summed E-state index contributed by atoms with van der Waals surface area (Å²) in [5.41, 5.74) is 0.413. The van der Waals surface area contributed by atoms with Crippen LogP contribution in [0.5, 0.6) is 5.75 Å². The van der Waals surface area contributed by atoms with Gasteiger partial charge in [-0.25, -0.2) is 0 Å². The van der Waals surface area contributed by atoms with E-state index in [1.807, 2.05) is 20.8 Å². The third-order valence-electron chi connectivity index (χ3n) is 4.16. The maximum Gasteiger partial charge on any atom is 0.207 e. The smallest absolute Gasteiger partial charge is 0.207 e. The van der Waals surface area contributed by atoms with Crippen LogP contribution in [0.15, 0.2) is 23.2 Å². The first kappa shape index (κ1) is 16.8. The molecule has 0 aromatic heterocycles. The highest BCUT2D eigenvalue weighted by Gasteiger charge is 2.45. The maximum absolute atomic E-state index is 10.8. The molecule has 6 nitrogen and oxygen atoms in total. The van der Waals surface area contributed by atoms with Crippen LogP contribution in [-0.4, -0.2) is 34.6 Å². The minimum atomic E-state index is -0.843. The Kier molecular flexibility index (Phi) is 4.58. The van der Waals surface area contributed by atoms with Crippen LogP contribution < -0.4 is 4.74 Å². The fourth-order valence-corrected chi connectivity index (χ4v) is 2.88. The summed E-state index contributed by atoms with van der Waals surface area (Å²) in [5.74, 6) is 1.20. The van der Waals surface area contributed by atoms with Gasteiger partial charge in [-0.15, -0.1) is 0 Å². The van der Waals surface area contributed by atoms with Crippen molar-refractivity contribution in [1.82, 2.24) is 4.90 Å². The van der Waals surface area contributed by atoms with Crippen LogP contribution in [0.4, 0.5) is 0 Å². The molecular formula is C17H20N4O2. The lowest BCUT2D eigenvalue weighted by atomic mass is 9.85. The number of ether oxygens (including phenoxy) is 1. The highest BCUT2D eigenvalue weighted by Crippen LogP contribution is 2.43. The lowest BCUT2D eigenvalue weighted by molar-refractivity contribution is -0.0786. The molecular weight excluding hydrogens is 292 g/mol. The molecule has 2 atom stereocenters. The van der Waals surface area contributed by atoms with Crippen LogP contribution in [0, 0.1) is 22.8 Å². The van der Waals surface area contributed by atoms with E-state index >= 15 is 0 Å². The second-order valence-corrected chi connectivity index (χ2v) is 6.05. The first-order valence-corrected chi connectivity index (χ1v) is 7.45. The second kappa shape index (κ2) is 6.28. The molecule has 0 radical (unpaired) electrons. The van der Waals surface area contributed by atoms with Gasteiger partial charge in [-0.2, -0.15) is 15.5 Å². The van der Waals surface area contributed by atoms with Crippen LogP contribution in [0.3, 0.4) is 0 Å². The summed E-state index contributed by atoms with van der Waals surface area (Å²) in [5, 5.41) is 28.8. The molecule has 2 rings (SSSR count). The average Bonchev–Trinajstić information content (AvgIpc) is 2.52. The van der Waals surface area contributed by atoms with E-state index in [0.717, 1.165) is 5.56 Å². The van der Waals surface area contributed by atoms with Gasteiger partial charge in [0.2, 0.25) is 6.19 Å². The van der Waals surface area contributed by atoms with Gasteiger partial charge in [-0.3, -0.25) is 0 Å². The van der Waals surface area contributed by atoms with Gasteiger partial charge in [-0.05, 0) is 32.0 Å². The molecule has 1 aromatic rings. The number of hydrogen-bond acceptors (Lipinski definition) is 5. The third-order valence-corrected chi connectivity index (χ3v) is 4.16. The minimum absolute atomic E-state index is 0.450. The number of nitriles is 2. The molecule has 0 spiro atoms. The SMILES string of the molecule is CCC(=NC#N)N(C)[C@H]1c2cc(C#N)ccc2OC(C)(C)[C@@H]1O. The Morgan fingerprint density at radius 3 is 2.70 bits per heavy atom. The molecule has 0 saturated heterocycles. The first-order chi connectivity index (χ1) is 10.9. The van der Waals surface area contributed by atoms with Crippen molar-refractivity contribution in [2.24, 2.45) is 4.99 Å². The molecule has 1 aliphatic heterocycles. The van der Waals surface area contributed by atoms with E-state index in [2.05, 4.69) is 11.1 Å². The molecule has 6 heteroatoms. The molecule has 1 N–H and O–H groups in total. The first-order valence-electron chi connectivity index (χ1n) is 7.45. The van der Waals surface area contributed by atoms with Crippen LogP contribution >= 0.6 is 0 Å². The van der Waals surface area contributed by atoms with Crippen molar-refractivity contribution in [1.29, 1.82) is 10.5 Å². The molecule has 0 amide bonds. The Hall–Kier alpha value is -2.57. The molecule has 1 aliphatic rings. The van der Waals surface area contributed by atoms with Crippen molar-refractivity contribution in [2.75, 3.05) is 7.05 Å². The standard InChI is InChI=1S/C17H20N4O2/c1-5-14(20-10-19)21(4)15-12-8-11(9-18)6-7-13(12)23-17(2,3)16(15)22/h6-8,15-16,22H,5H2,1-4H3/t15-,16+/m0/s1. The number of rotatable bonds is 2. The monoisotopic (exact) mass is 312 g/mol. The largest absolute Gasteiger partial charge is 0.485 e. The van der Waals surface area contributed by atoms with E-state index in [0.29, 0.717) is 23.6 Å². The van der Waals surface area contributed by atoms with Crippen molar-refractivity contribution in [2.45, 2.75) is 44.9 Å². The zero-order valence-corrected chi connectivity index (χ0v) is 13.7. The molecule has 0 aliphatic carbocycles. The van der Waals surface area contributed by atoms with Crippen molar-refractivity contribution >= 4 is 5.84 Å². The summed E-state index contributed by atoms with van der Waals surface area (Å²) >= 11 is 0. The quantitative estimate of drug-likeness (QED) is 0.514. The minimum Gasteiger partial charge on any atom is -0.485 e. The Labute approximate surface area is 136 Å². The number of fused-ring (bicyclic) bond motifs is 1. The highest BCUT2D eigenvalue weighted by molar-refractivity contribution is 5.83. The van der Waals surface area contributed by atoms with Crippen LogP contribution in [0.25, 0.3) is 0 Å². The second-order valence-electron chi connectivity index (χ2n) is 6.05. The number of aliphatic hydroxyl groups is 1. The van der Waals surface area contributed by atoms with Gasteiger partial charge in [0.15, 0.2) is 0 Å². The number of benzene rings is 1. The molecule has 1 aromatic carbocycles. The Bertz CT molecular complexity index is 712. The lowest BCUT2D eigenvalue weighted by Crippen LogP contribution is -2.53. The summed E-state index contributed by atoms with van der Waals surface area (Å²) in [7, 11) is 1.79. The summed E-state index contributed by atoms with van der Waals surface area (Å²) < 4.78 is 5.89. The van der Waals surface area contributed by atoms with Crippen molar-refractivity contribution in [3.05, 3.63) is 29.3 Å². The summed E-state index contributed by atoms with van der Waals surface area (Å²) in [4.78, 5) is 5.64. The van der Waals surface area contributed by atoms with Crippen molar-refractivity contribution < 1.29 is 9.84 Å². The van der Waals surface area contributed by atoms with Gasteiger partial charge in [-0.1, -0.05) is 6.92 Å². The number of nitrogens with zero attached hydrogens (tertiary/aromatic N) is 4. The Balaban J connectivity index is 2.59. The predicted octanol–water partition coefficient (Wildman–Crippen LogP) is 2.35. The average molecular weight is 312 g/mol. The maximum atomic E-state index is 10.8. The highest BCUT2D eigenvalue weighted by atomic mass is 16.5. The van der Waals surface area contributed by atoms with E-state index in [1.54, 1.807) is 36.3 Å². The zero-order chi connectivity index (χ0) is 17.2. The zero-order valence-electron chi connectivity index (χ0n) is 13.7. The molecule has 0 unspecified atom stereocenters. The van der Waals surface area contributed by atoms with Gasteiger partial charge in [0.05, 0.1) is 17.7 Å². The molecule has 0 bridgehead atoms. The summed E-state index contributed by atoms with van der Waals surface area (Å²) in [6.45, 7) is 5.52. The number of aliphatic hydroxyl groups excluding tert-OH is 1. The van der Waals surface area contributed by atoms with Gasteiger partial charge >= 0.3 is 0 Å². The molecule has 120 valence electrons. The lowest BCUT2D eigenvalue weighted by Gasteiger charge is -2.46. The molecule has 23 heavy (non-hydrogen) atoms. The van der Waals surface area contributed by atoms with Crippen LogP contribution in [0.1, 0.15) is 44.4 Å². The fourth-order valence-electron chi connectivity index (χ4n) is 2.88. The fraction of sp³-hybridized carbons (Fsp3) is 0.471. The van der Waals surface area contributed by atoms with Gasteiger partial charge in [0, 0.05) is 19.0 Å². The third kappa shape index (κ3) is 2.99. The summed E-state index contributed by atoms with van der Waals surface area (Å²) in [6.07, 6.45) is 1.52. The van der Waals surface area contributed by atoms with Gasteiger partial charge < -0.3 is 14.7 Å². The number of aliphatic imine (C=N–C) groups is 1. The van der Waals surface area contributed by atoms with Crippen molar-refractivity contribution in [3.8, 4) is 18.0 Å². The van der Waals surface area contributed by atoms with Crippen LogP contribution in [0.2, 0.25) is 0 Å². The number of hydrogen-bond donors (Lipinski definition) is 1. The van der Waals surface area contributed by atoms with E-state index < -0.39 is 17.7 Å². The van der Waals surface area contributed by atoms with E-state index in [-0.39, 0.29) is 0 Å². The topological polar surface area (TPSA) is 92.6 Å². The van der Waals surface area contributed by atoms with E-state index in [1.165, 1.54) is 0 Å².